The molecule has 0 fully saturated rings. The van der Waals surface area contributed by atoms with Crippen molar-refractivity contribution in [2.75, 3.05) is 0 Å². The number of benzene rings is 3. The zero-order valence-corrected chi connectivity index (χ0v) is 17.3. The lowest BCUT2D eigenvalue weighted by Crippen LogP contribution is -2.20. The standard InChI is InChI=1S/C26H17N3O4/c30-25-21-8-4-5-9-22(21)28-24(18-6-2-1-3-7-18)29(25)27-16-20-14-15-23(33-20)17-10-12-19(13-11-17)26(31)32/h1-16H,(H,31,32). The van der Waals surface area contributed by atoms with Crippen LogP contribution in [0.4, 0.5) is 0 Å². The van der Waals surface area contributed by atoms with Gasteiger partial charge in [0.05, 0.1) is 22.7 Å². The Bertz CT molecular complexity index is 1550. The molecule has 2 heterocycles. The van der Waals surface area contributed by atoms with E-state index in [1.165, 1.54) is 23.0 Å². The van der Waals surface area contributed by atoms with Gasteiger partial charge in [0, 0.05) is 11.1 Å². The van der Waals surface area contributed by atoms with Crippen molar-refractivity contribution in [2.45, 2.75) is 0 Å². The average Bonchev–Trinajstić information content (AvgIpc) is 3.33. The molecule has 0 aliphatic heterocycles. The molecule has 0 unspecified atom stereocenters. The number of hydrogen-bond acceptors (Lipinski definition) is 5. The molecule has 0 aliphatic rings. The molecule has 7 heteroatoms. The summed E-state index contributed by atoms with van der Waals surface area (Å²) in [6.45, 7) is 0. The first-order valence-electron chi connectivity index (χ1n) is 10.2. The number of carbonyl (C=O) groups is 1. The quantitative estimate of drug-likeness (QED) is 0.396. The van der Waals surface area contributed by atoms with Crippen LogP contribution < -0.4 is 5.56 Å². The molecular formula is C26H17N3O4. The number of furan rings is 1. The van der Waals surface area contributed by atoms with Crippen molar-refractivity contribution in [1.29, 1.82) is 0 Å². The molecule has 3 aromatic carbocycles. The maximum absolute atomic E-state index is 13.2. The number of rotatable bonds is 5. The Balaban J connectivity index is 1.54. The number of carboxylic acid groups (broad SMARTS) is 1. The molecule has 0 bridgehead atoms. The van der Waals surface area contributed by atoms with Crippen LogP contribution in [0.3, 0.4) is 0 Å². The van der Waals surface area contributed by atoms with Crippen molar-refractivity contribution >= 4 is 23.1 Å². The van der Waals surface area contributed by atoms with E-state index in [9.17, 15) is 9.59 Å². The maximum Gasteiger partial charge on any atom is 0.335 e. The summed E-state index contributed by atoms with van der Waals surface area (Å²) < 4.78 is 7.10. The molecule has 0 saturated heterocycles. The zero-order chi connectivity index (χ0) is 22.8. The molecule has 1 N–H and O–H groups in total. The summed E-state index contributed by atoms with van der Waals surface area (Å²) in [4.78, 5) is 28.9. The van der Waals surface area contributed by atoms with Crippen LogP contribution in [0.15, 0.2) is 105 Å². The van der Waals surface area contributed by atoms with Crippen LogP contribution in [0.25, 0.3) is 33.6 Å². The van der Waals surface area contributed by atoms with E-state index < -0.39 is 5.97 Å². The van der Waals surface area contributed by atoms with Gasteiger partial charge in [-0.05, 0) is 36.4 Å². The first-order valence-corrected chi connectivity index (χ1v) is 10.2. The van der Waals surface area contributed by atoms with Gasteiger partial charge in [-0.2, -0.15) is 9.78 Å². The van der Waals surface area contributed by atoms with Crippen LogP contribution in [-0.2, 0) is 0 Å². The highest BCUT2D eigenvalue weighted by atomic mass is 16.4. The van der Waals surface area contributed by atoms with Gasteiger partial charge in [0.25, 0.3) is 5.56 Å². The van der Waals surface area contributed by atoms with E-state index in [2.05, 4.69) is 10.1 Å². The van der Waals surface area contributed by atoms with Gasteiger partial charge in [-0.1, -0.05) is 54.6 Å². The third kappa shape index (κ3) is 3.95. The number of carboxylic acids is 1. The fourth-order valence-electron chi connectivity index (χ4n) is 3.47. The second kappa shape index (κ2) is 8.39. The number of hydrogen-bond donors (Lipinski definition) is 1. The fourth-order valence-corrected chi connectivity index (χ4v) is 3.47. The minimum Gasteiger partial charge on any atom is -0.478 e. The molecule has 7 nitrogen and oxygen atoms in total. The zero-order valence-electron chi connectivity index (χ0n) is 17.3. The molecule has 5 rings (SSSR count). The molecule has 0 radical (unpaired) electrons. The summed E-state index contributed by atoms with van der Waals surface area (Å²) in [5.74, 6) is 0.427. The predicted octanol–water partition coefficient (Wildman–Crippen LogP) is 4.90. The summed E-state index contributed by atoms with van der Waals surface area (Å²) in [5, 5.41) is 13.9. The second-order valence-corrected chi connectivity index (χ2v) is 7.26. The first kappa shape index (κ1) is 20.1. The molecule has 160 valence electrons. The predicted molar refractivity (Wildman–Crippen MR) is 126 cm³/mol. The third-order valence-corrected chi connectivity index (χ3v) is 5.13. The van der Waals surface area contributed by atoms with Crippen molar-refractivity contribution in [2.24, 2.45) is 5.10 Å². The van der Waals surface area contributed by atoms with Crippen molar-refractivity contribution in [1.82, 2.24) is 9.66 Å². The number of aromatic nitrogens is 2. The van der Waals surface area contributed by atoms with Gasteiger partial charge < -0.3 is 9.52 Å². The van der Waals surface area contributed by atoms with Gasteiger partial charge in [-0.15, -0.1) is 0 Å². The Morgan fingerprint density at radius 1 is 0.879 bits per heavy atom. The summed E-state index contributed by atoms with van der Waals surface area (Å²) in [6, 6.07) is 26.4. The van der Waals surface area contributed by atoms with Crippen molar-refractivity contribution in [3.05, 3.63) is 113 Å². The lowest BCUT2D eigenvalue weighted by Gasteiger charge is -2.09. The third-order valence-electron chi connectivity index (χ3n) is 5.13. The van der Waals surface area contributed by atoms with Crippen molar-refractivity contribution in [3.8, 4) is 22.7 Å². The second-order valence-electron chi connectivity index (χ2n) is 7.26. The molecule has 0 amide bonds. The number of para-hydroxylation sites is 1. The molecule has 0 atom stereocenters. The Kier molecular flexibility index (Phi) is 5.12. The highest BCUT2D eigenvalue weighted by Gasteiger charge is 2.12. The minimum absolute atomic E-state index is 0.198. The average molecular weight is 435 g/mol. The normalized spacial score (nSPS) is 11.3. The highest BCUT2D eigenvalue weighted by molar-refractivity contribution is 5.88. The SMILES string of the molecule is O=C(O)c1ccc(-c2ccc(C=Nn3c(-c4ccccc4)nc4ccccc4c3=O)o2)cc1. The maximum atomic E-state index is 13.2. The van der Waals surface area contributed by atoms with Crippen LogP contribution in [0.5, 0.6) is 0 Å². The Morgan fingerprint density at radius 2 is 1.61 bits per heavy atom. The van der Waals surface area contributed by atoms with Crippen LogP contribution in [0.2, 0.25) is 0 Å². The first-order chi connectivity index (χ1) is 16.1. The van der Waals surface area contributed by atoms with E-state index in [-0.39, 0.29) is 11.1 Å². The number of aromatic carboxylic acids is 1. The summed E-state index contributed by atoms with van der Waals surface area (Å²) >= 11 is 0. The highest BCUT2D eigenvalue weighted by Crippen LogP contribution is 2.23. The largest absolute Gasteiger partial charge is 0.478 e. The molecular weight excluding hydrogens is 418 g/mol. The van der Waals surface area contributed by atoms with E-state index in [4.69, 9.17) is 9.52 Å². The van der Waals surface area contributed by atoms with E-state index in [1.54, 1.807) is 42.5 Å². The van der Waals surface area contributed by atoms with Crippen LogP contribution >= 0.6 is 0 Å². The van der Waals surface area contributed by atoms with Gasteiger partial charge >= 0.3 is 5.97 Å². The smallest absolute Gasteiger partial charge is 0.335 e. The summed E-state index contributed by atoms with van der Waals surface area (Å²) in [6.07, 6.45) is 1.46. The van der Waals surface area contributed by atoms with E-state index in [0.717, 1.165) is 11.1 Å². The monoisotopic (exact) mass is 435 g/mol. The lowest BCUT2D eigenvalue weighted by atomic mass is 10.1. The summed E-state index contributed by atoms with van der Waals surface area (Å²) in [7, 11) is 0. The van der Waals surface area contributed by atoms with Gasteiger partial charge in [0.15, 0.2) is 5.82 Å². The van der Waals surface area contributed by atoms with E-state index in [1.807, 2.05) is 36.4 Å². The van der Waals surface area contributed by atoms with E-state index in [0.29, 0.717) is 28.2 Å². The van der Waals surface area contributed by atoms with Crippen molar-refractivity contribution in [3.63, 3.8) is 0 Å². The lowest BCUT2D eigenvalue weighted by molar-refractivity contribution is 0.0697. The van der Waals surface area contributed by atoms with Gasteiger partial charge in [-0.3, -0.25) is 4.79 Å². The van der Waals surface area contributed by atoms with Crippen LogP contribution in [0.1, 0.15) is 16.1 Å². The topological polar surface area (TPSA) is 97.7 Å². The minimum atomic E-state index is -0.988. The van der Waals surface area contributed by atoms with Crippen molar-refractivity contribution < 1.29 is 14.3 Å². The summed E-state index contributed by atoms with van der Waals surface area (Å²) in [5.41, 5.74) is 2.00. The molecule has 5 aromatic rings. The molecule has 0 aliphatic carbocycles. The molecule has 33 heavy (non-hydrogen) atoms. The Labute approximate surface area is 187 Å². The molecule has 2 aromatic heterocycles. The Hall–Kier alpha value is -4.78. The molecule has 0 spiro atoms. The fraction of sp³-hybridized carbons (Fsp3) is 0. The number of fused-ring (bicyclic) bond motifs is 1. The van der Waals surface area contributed by atoms with Gasteiger partial charge in [0.1, 0.15) is 11.5 Å². The van der Waals surface area contributed by atoms with Gasteiger partial charge in [-0.25, -0.2) is 9.78 Å². The van der Waals surface area contributed by atoms with Crippen LogP contribution in [0, 0.1) is 0 Å². The van der Waals surface area contributed by atoms with E-state index >= 15 is 0 Å². The number of nitrogens with zero attached hydrogens (tertiary/aromatic N) is 3. The van der Waals surface area contributed by atoms with Crippen LogP contribution in [-0.4, -0.2) is 27.0 Å². The van der Waals surface area contributed by atoms with Gasteiger partial charge in [0.2, 0.25) is 0 Å². The molecule has 0 saturated carbocycles. The Morgan fingerprint density at radius 3 is 2.36 bits per heavy atom.